The summed E-state index contributed by atoms with van der Waals surface area (Å²) in [7, 11) is 0. The molecular weight excluding hydrogens is 284 g/mol. The fourth-order valence-corrected chi connectivity index (χ4v) is 7.26. The van der Waals surface area contributed by atoms with Crippen LogP contribution in [0.4, 0.5) is 0 Å². The van der Waals surface area contributed by atoms with E-state index in [4.69, 9.17) is 0 Å². The molecule has 4 unspecified atom stereocenters. The van der Waals surface area contributed by atoms with Crippen LogP contribution in [0, 0.1) is 40.4 Å². The molecule has 0 aromatic rings. The number of fused-ring (bicyclic) bond motifs is 5. The first-order valence-corrected chi connectivity index (χ1v) is 9.57. The van der Waals surface area contributed by atoms with Gasteiger partial charge in [-0.05, 0) is 66.6 Å². The van der Waals surface area contributed by atoms with Gasteiger partial charge in [0.25, 0.3) is 0 Å². The molecule has 0 saturated heterocycles. The number of allylic oxidation sites excluding steroid dienone is 1. The topological polar surface area (TPSA) is 34.1 Å². The van der Waals surface area contributed by atoms with E-state index in [-0.39, 0.29) is 11.3 Å². The van der Waals surface area contributed by atoms with Crippen molar-refractivity contribution >= 4 is 11.6 Å². The summed E-state index contributed by atoms with van der Waals surface area (Å²) in [6, 6.07) is 0. The van der Waals surface area contributed by atoms with Gasteiger partial charge in [-0.1, -0.05) is 19.9 Å². The monoisotopic (exact) mass is 314 g/mol. The van der Waals surface area contributed by atoms with Gasteiger partial charge in [-0.25, -0.2) is 0 Å². The van der Waals surface area contributed by atoms with Crippen LogP contribution in [0.15, 0.2) is 12.7 Å². The van der Waals surface area contributed by atoms with Gasteiger partial charge in [-0.3, -0.25) is 9.59 Å². The van der Waals surface area contributed by atoms with Gasteiger partial charge >= 0.3 is 0 Å². The van der Waals surface area contributed by atoms with Gasteiger partial charge in [0, 0.05) is 25.2 Å². The molecule has 0 heterocycles. The highest BCUT2D eigenvalue weighted by atomic mass is 16.1. The van der Waals surface area contributed by atoms with E-state index < -0.39 is 0 Å². The Bertz CT molecular complexity index is 564. The fraction of sp³-hybridized carbons (Fsp3) is 0.810. The maximum atomic E-state index is 12.9. The molecule has 2 heteroatoms. The van der Waals surface area contributed by atoms with Crippen LogP contribution in [0.5, 0.6) is 0 Å². The van der Waals surface area contributed by atoms with Gasteiger partial charge < -0.3 is 0 Å². The zero-order valence-electron chi connectivity index (χ0n) is 14.6. The molecule has 4 saturated carbocycles. The summed E-state index contributed by atoms with van der Waals surface area (Å²) in [5.74, 6) is 3.25. The van der Waals surface area contributed by atoms with Crippen molar-refractivity contribution in [1.29, 1.82) is 0 Å². The van der Waals surface area contributed by atoms with Crippen LogP contribution in [0.1, 0.15) is 65.2 Å². The Morgan fingerprint density at radius 2 is 1.74 bits per heavy atom. The lowest BCUT2D eigenvalue weighted by molar-refractivity contribution is -0.157. The molecule has 2 nitrogen and oxygen atoms in total. The number of Topliss-reactive ketones (excluding diaryl/α,β-unsaturated/α-hetero) is 2. The lowest BCUT2D eigenvalue weighted by Crippen LogP contribution is -2.56. The van der Waals surface area contributed by atoms with E-state index in [1.807, 2.05) is 0 Å². The standard InChI is InChI=1S/C21H30O2/c1-4-13-5-6-16-15-12-19(23)18-11-14(22)7-9-21(18,3)17(15)8-10-20(13,16)2/h4,13,15-18H,1,5-12H2,2-3H3/t13-,15?,16?,17?,18?,20+,21+/m0/s1. The molecule has 4 aliphatic carbocycles. The summed E-state index contributed by atoms with van der Waals surface area (Å²) < 4.78 is 0. The summed E-state index contributed by atoms with van der Waals surface area (Å²) in [6.45, 7) is 8.87. The average Bonchev–Trinajstić information content (AvgIpc) is 2.86. The van der Waals surface area contributed by atoms with Crippen LogP contribution < -0.4 is 0 Å². The van der Waals surface area contributed by atoms with Gasteiger partial charge in [0.15, 0.2) is 0 Å². The fourth-order valence-electron chi connectivity index (χ4n) is 7.26. The first-order valence-electron chi connectivity index (χ1n) is 9.57. The van der Waals surface area contributed by atoms with Crippen LogP contribution in [0.3, 0.4) is 0 Å². The molecule has 4 fully saturated rings. The van der Waals surface area contributed by atoms with Crippen molar-refractivity contribution in [2.45, 2.75) is 65.2 Å². The third-order valence-corrected chi connectivity index (χ3v) is 8.64. The first kappa shape index (κ1) is 15.6. The summed E-state index contributed by atoms with van der Waals surface area (Å²) in [6.07, 6.45) is 10.1. The Labute approximate surface area is 140 Å². The minimum Gasteiger partial charge on any atom is -0.300 e. The second-order valence-electron chi connectivity index (χ2n) is 9.31. The van der Waals surface area contributed by atoms with E-state index >= 15 is 0 Å². The molecule has 7 atom stereocenters. The number of hydrogen-bond donors (Lipinski definition) is 0. The molecule has 4 aliphatic rings. The minimum atomic E-state index is 0.0194. The molecule has 0 N–H and O–H groups in total. The second-order valence-corrected chi connectivity index (χ2v) is 9.31. The number of carbonyl (C=O) groups excluding carboxylic acids is 2. The van der Waals surface area contributed by atoms with Crippen LogP contribution >= 0.6 is 0 Å². The Morgan fingerprint density at radius 3 is 2.48 bits per heavy atom. The molecule has 4 rings (SSSR count). The summed E-state index contributed by atoms with van der Waals surface area (Å²) in [5, 5.41) is 0. The Morgan fingerprint density at radius 1 is 1.00 bits per heavy atom. The largest absolute Gasteiger partial charge is 0.300 e. The van der Waals surface area contributed by atoms with Crippen molar-refractivity contribution in [3.63, 3.8) is 0 Å². The van der Waals surface area contributed by atoms with Gasteiger partial charge in [0.1, 0.15) is 11.6 Å². The lowest BCUT2D eigenvalue weighted by atomic mass is 9.44. The molecular formula is C21H30O2. The maximum absolute atomic E-state index is 12.9. The molecule has 0 aliphatic heterocycles. The zero-order valence-corrected chi connectivity index (χ0v) is 14.6. The predicted octanol–water partition coefficient (Wildman–Crippen LogP) is 4.58. The average molecular weight is 314 g/mol. The quantitative estimate of drug-likeness (QED) is 0.664. The van der Waals surface area contributed by atoms with E-state index in [9.17, 15) is 9.59 Å². The van der Waals surface area contributed by atoms with Crippen molar-refractivity contribution in [3.8, 4) is 0 Å². The zero-order chi connectivity index (χ0) is 16.4. The molecule has 0 amide bonds. The normalized spacial score (nSPS) is 52.5. The lowest BCUT2D eigenvalue weighted by Gasteiger charge is -2.59. The Balaban J connectivity index is 1.69. The van der Waals surface area contributed by atoms with Crippen molar-refractivity contribution < 1.29 is 9.59 Å². The smallest absolute Gasteiger partial charge is 0.137 e. The van der Waals surface area contributed by atoms with E-state index in [0.29, 0.717) is 53.5 Å². The molecule has 23 heavy (non-hydrogen) atoms. The van der Waals surface area contributed by atoms with E-state index in [1.165, 1.54) is 25.7 Å². The molecule has 0 aromatic carbocycles. The minimum absolute atomic E-state index is 0.0194. The Kier molecular flexibility index (Phi) is 3.42. The number of carbonyl (C=O) groups is 2. The number of ketones is 2. The van der Waals surface area contributed by atoms with Gasteiger partial charge in [0.05, 0.1) is 0 Å². The molecule has 0 spiro atoms. The highest BCUT2D eigenvalue weighted by molar-refractivity contribution is 5.90. The van der Waals surface area contributed by atoms with E-state index in [2.05, 4.69) is 26.5 Å². The summed E-state index contributed by atoms with van der Waals surface area (Å²) in [4.78, 5) is 24.8. The highest BCUT2D eigenvalue weighted by Crippen LogP contribution is 2.66. The number of hydrogen-bond acceptors (Lipinski definition) is 2. The van der Waals surface area contributed by atoms with Crippen molar-refractivity contribution in [2.75, 3.05) is 0 Å². The first-order chi connectivity index (χ1) is 10.9. The highest BCUT2D eigenvalue weighted by Gasteiger charge is 2.61. The second kappa shape index (κ2) is 5.04. The molecule has 0 aromatic heterocycles. The van der Waals surface area contributed by atoms with Crippen molar-refractivity contribution in [3.05, 3.63) is 12.7 Å². The number of rotatable bonds is 1. The predicted molar refractivity (Wildman–Crippen MR) is 90.8 cm³/mol. The molecule has 0 bridgehead atoms. The van der Waals surface area contributed by atoms with E-state index in [1.54, 1.807) is 0 Å². The SMILES string of the molecule is C=C[C@H]1CCC2C3CC(=O)C4CC(=O)CC[C@]4(C)C3CC[C@@]21C. The molecule has 0 radical (unpaired) electrons. The van der Waals surface area contributed by atoms with Gasteiger partial charge in [0.2, 0.25) is 0 Å². The van der Waals surface area contributed by atoms with Crippen LogP contribution in [-0.4, -0.2) is 11.6 Å². The van der Waals surface area contributed by atoms with Crippen molar-refractivity contribution in [2.24, 2.45) is 40.4 Å². The maximum Gasteiger partial charge on any atom is 0.137 e. The van der Waals surface area contributed by atoms with Crippen LogP contribution in [0.25, 0.3) is 0 Å². The summed E-state index contributed by atoms with van der Waals surface area (Å²) >= 11 is 0. The third-order valence-electron chi connectivity index (χ3n) is 8.64. The van der Waals surface area contributed by atoms with Gasteiger partial charge in [-0.2, -0.15) is 0 Å². The third kappa shape index (κ3) is 1.99. The van der Waals surface area contributed by atoms with E-state index in [0.717, 1.165) is 12.8 Å². The van der Waals surface area contributed by atoms with Crippen LogP contribution in [-0.2, 0) is 9.59 Å². The Hall–Kier alpha value is -0.920. The summed E-state index contributed by atoms with van der Waals surface area (Å²) in [5.41, 5.74) is 0.443. The molecule has 126 valence electrons. The van der Waals surface area contributed by atoms with Crippen LogP contribution in [0.2, 0.25) is 0 Å². The van der Waals surface area contributed by atoms with Crippen molar-refractivity contribution in [1.82, 2.24) is 0 Å². The van der Waals surface area contributed by atoms with Gasteiger partial charge in [-0.15, -0.1) is 6.58 Å².